The van der Waals surface area contributed by atoms with Crippen LogP contribution in [0.2, 0.25) is 0 Å². The van der Waals surface area contributed by atoms with E-state index >= 15 is 0 Å². The maximum absolute atomic E-state index is 10.8. The summed E-state index contributed by atoms with van der Waals surface area (Å²) >= 11 is 0. The fourth-order valence-electron chi connectivity index (χ4n) is 1.04. The van der Waals surface area contributed by atoms with Gasteiger partial charge in [-0.2, -0.15) is 0 Å². The summed E-state index contributed by atoms with van der Waals surface area (Å²) in [5.74, 6) is -0.156. The SMILES string of the molecule is O=c1ccc2ccc([O-])cc2o1.[K+]. The van der Waals surface area contributed by atoms with E-state index in [-0.39, 0.29) is 57.1 Å². The van der Waals surface area contributed by atoms with E-state index < -0.39 is 5.63 Å². The van der Waals surface area contributed by atoms with Gasteiger partial charge < -0.3 is 9.52 Å². The second-order valence-electron chi connectivity index (χ2n) is 2.45. The standard InChI is InChI=1S/C9H6O3.K/c10-7-3-1-6-2-4-9(11)12-8(6)5-7;/h1-5,10H;/q;+1/p-1. The maximum Gasteiger partial charge on any atom is 1.00 e. The van der Waals surface area contributed by atoms with Gasteiger partial charge in [-0.1, -0.05) is 12.1 Å². The largest absolute Gasteiger partial charge is 1.00 e. The predicted octanol–water partition coefficient (Wildman–Crippen LogP) is -2.13. The van der Waals surface area contributed by atoms with E-state index in [1.807, 2.05) is 0 Å². The quantitative estimate of drug-likeness (QED) is 0.360. The van der Waals surface area contributed by atoms with E-state index in [9.17, 15) is 9.90 Å². The maximum atomic E-state index is 10.8. The van der Waals surface area contributed by atoms with Crippen LogP contribution in [0.25, 0.3) is 11.0 Å². The molecular formula is C9H5KO3. The molecule has 1 aromatic heterocycles. The summed E-state index contributed by atoms with van der Waals surface area (Å²) in [7, 11) is 0. The van der Waals surface area contributed by atoms with Gasteiger partial charge in [0.15, 0.2) is 0 Å². The Kier molecular flexibility index (Phi) is 3.70. The second-order valence-corrected chi connectivity index (χ2v) is 2.45. The van der Waals surface area contributed by atoms with Crippen LogP contribution in [0.3, 0.4) is 0 Å². The van der Waals surface area contributed by atoms with Crippen LogP contribution in [0.4, 0.5) is 0 Å². The Labute approximate surface area is 117 Å². The Balaban J connectivity index is 0.000000845. The van der Waals surface area contributed by atoms with E-state index in [0.29, 0.717) is 5.58 Å². The molecule has 0 radical (unpaired) electrons. The summed E-state index contributed by atoms with van der Waals surface area (Å²) in [6.45, 7) is 0. The molecule has 0 bridgehead atoms. The van der Waals surface area contributed by atoms with Crippen molar-refractivity contribution in [3.63, 3.8) is 0 Å². The minimum absolute atomic E-state index is 0. The molecule has 0 saturated carbocycles. The van der Waals surface area contributed by atoms with E-state index in [2.05, 4.69) is 0 Å². The summed E-state index contributed by atoms with van der Waals surface area (Å²) in [5, 5.41) is 11.6. The van der Waals surface area contributed by atoms with Crippen LogP contribution in [0, 0.1) is 0 Å². The molecule has 0 aliphatic carbocycles. The van der Waals surface area contributed by atoms with Gasteiger partial charge in [0.05, 0.1) is 0 Å². The molecule has 0 aliphatic rings. The van der Waals surface area contributed by atoms with Crippen LogP contribution < -0.4 is 62.1 Å². The van der Waals surface area contributed by atoms with Gasteiger partial charge in [0.2, 0.25) is 0 Å². The number of hydrogen-bond donors (Lipinski definition) is 0. The summed E-state index contributed by atoms with van der Waals surface area (Å²) in [4.78, 5) is 10.7. The van der Waals surface area contributed by atoms with E-state index in [0.717, 1.165) is 5.39 Å². The molecule has 0 unspecified atom stereocenters. The van der Waals surface area contributed by atoms with Gasteiger partial charge in [0, 0.05) is 11.5 Å². The third-order valence-corrected chi connectivity index (χ3v) is 1.59. The van der Waals surface area contributed by atoms with Crippen molar-refractivity contribution in [1.29, 1.82) is 0 Å². The van der Waals surface area contributed by atoms with Crippen LogP contribution in [-0.2, 0) is 0 Å². The van der Waals surface area contributed by atoms with Gasteiger partial charge in [-0.15, -0.1) is 5.75 Å². The number of rotatable bonds is 0. The molecule has 1 aromatic carbocycles. The van der Waals surface area contributed by atoms with Crippen LogP contribution in [0.5, 0.6) is 5.75 Å². The molecule has 2 aromatic rings. The third-order valence-electron chi connectivity index (χ3n) is 1.59. The van der Waals surface area contributed by atoms with Crippen molar-refractivity contribution in [2.24, 2.45) is 0 Å². The molecule has 1 heterocycles. The summed E-state index contributed by atoms with van der Waals surface area (Å²) in [6.07, 6.45) is 0. The zero-order chi connectivity index (χ0) is 8.55. The molecular weight excluding hydrogens is 195 g/mol. The average molecular weight is 200 g/mol. The van der Waals surface area contributed by atoms with Gasteiger partial charge in [-0.3, -0.25) is 0 Å². The number of benzene rings is 1. The first-order valence-corrected chi connectivity index (χ1v) is 3.47. The molecule has 0 N–H and O–H groups in total. The van der Waals surface area contributed by atoms with Crippen LogP contribution in [0.15, 0.2) is 39.5 Å². The fourth-order valence-corrected chi connectivity index (χ4v) is 1.04. The first-order chi connectivity index (χ1) is 5.75. The van der Waals surface area contributed by atoms with Crippen molar-refractivity contribution < 1.29 is 60.9 Å². The van der Waals surface area contributed by atoms with Crippen molar-refractivity contribution in [2.45, 2.75) is 0 Å². The number of hydrogen-bond acceptors (Lipinski definition) is 3. The van der Waals surface area contributed by atoms with Gasteiger partial charge in [0.1, 0.15) is 5.58 Å². The predicted molar refractivity (Wildman–Crippen MR) is 41.9 cm³/mol. The molecule has 0 fully saturated rings. The molecule has 3 nitrogen and oxygen atoms in total. The van der Waals surface area contributed by atoms with Gasteiger partial charge in [0.25, 0.3) is 0 Å². The Morgan fingerprint density at radius 2 is 1.85 bits per heavy atom. The minimum Gasteiger partial charge on any atom is -0.872 e. The summed E-state index contributed by atoms with van der Waals surface area (Å²) in [6, 6.07) is 7.31. The van der Waals surface area contributed by atoms with Crippen molar-refractivity contribution in [3.8, 4) is 5.75 Å². The smallest absolute Gasteiger partial charge is 0.872 e. The van der Waals surface area contributed by atoms with Crippen LogP contribution in [0.1, 0.15) is 0 Å². The summed E-state index contributed by atoms with van der Waals surface area (Å²) in [5.41, 5.74) is -0.0944. The van der Waals surface area contributed by atoms with Gasteiger partial charge >= 0.3 is 57.0 Å². The third kappa shape index (κ3) is 2.42. The molecule has 0 amide bonds. The zero-order valence-corrected chi connectivity index (χ0v) is 10.2. The fraction of sp³-hybridized carbons (Fsp3) is 0. The van der Waals surface area contributed by atoms with Crippen molar-refractivity contribution in [2.75, 3.05) is 0 Å². The summed E-state index contributed by atoms with van der Waals surface area (Å²) < 4.78 is 4.79. The topological polar surface area (TPSA) is 53.3 Å². The average Bonchev–Trinajstić information content (AvgIpc) is 2.03. The van der Waals surface area contributed by atoms with Crippen molar-refractivity contribution in [3.05, 3.63) is 40.8 Å². The molecule has 2 rings (SSSR count). The van der Waals surface area contributed by atoms with E-state index in [4.69, 9.17) is 4.42 Å². The molecule has 60 valence electrons. The van der Waals surface area contributed by atoms with Gasteiger partial charge in [-0.05, 0) is 12.1 Å². The molecule has 4 heteroatoms. The molecule has 0 atom stereocenters. The second kappa shape index (κ2) is 4.39. The Hall–Kier alpha value is -0.134. The first-order valence-electron chi connectivity index (χ1n) is 3.47. The molecule has 0 spiro atoms. The molecule has 0 saturated heterocycles. The van der Waals surface area contributed by atoms with E-state index in [1.165, 1.54) is 18.2 Å². The van der Waals surface area contributed by atoms with Crippen LogP contribution >= 0.6 is 0 Å². The normalized spacial score (nSPS) is 9.54. The van der Waals surface area contributed by atoms with Gasteiger partial charge in [-0.25, -0.2) is 4.79 Å². The molecule has 13 heavy (non-hydrogen) atoms. The van der Waals surface area contributed by atoms with Crippen molar-refractivity contribution >= 4 is 11.0 Å². The van der Waals surface area contributed by atoms with E-state index in [1.54, 1.807) is 12.1 Å². The van der Waals surface area contributed by atoms with Crippen molar-refractivity contribution in [1.82, 2.24) is 0 Å². The Morgan fingerprint density at radius 3 is 2.62 bits per heavy atom. The Morgan fingerprint density at radius 1 is 1.15 bits per heavy atom. The molecule has 0 aliphatic heterocycles. The monoisotopic (exact) mass is 200 g/mol. The Bertz CT molecular complexity index is 475. The number of fused-ring (bicyclic) bond motifs is 1. The minimum atomic E-state index is -0.437. The van der Waals surface area contributed by atoms with Crippen LogP contribution in [-0.4, -0.2) is 0 Å². The first kappa shape index (κ1) is 10.9. The zero-order valence-electron chi connectivity index (χ0n) is 7.11.